The van der Waals surface area contributed by atoms with Gasteiger partial charge in [-0.2, -0.15) is 0 Å². The van der Waals surface area contributed by atoms with Gasteiger partial charge in [-0.1, -0.05) is 52.0 Å². The Hall–Kier alpha value is -1.82. The number of esters is 1. The zero-order chi connectivity index (χ0) is 20.3. The average molecular weight is 373 g/mol. The summed E-state index contributed by atoms with van der Waals surface area (Å²) < 4.78 is 10.1. The summed E-state index contributed by atoms with van der Waals surface area (Å²) in [6, 6.07) is 0. The number of hydrogen-bond donors (Lipinski definition) is 0. The molecule has 0 N–H and O–H groups in total. The monoisotopic (exact) mass is 372 g/mol. The van der Waals surface area contributed by atoms with Gasteiger partial charge < -0.3 is 23.9 Å². The van der Waals surface area contributed by atoms with E-state index in [2.05, 4.69) is 13.5 Å². The first-order valence-corrected chi connectivity index (χ1v) is 9.25. The van der Waals surface area contributed by atoms with E-state index < -0.39 is 0 Å². The molecule has 0 aliphatic rings. The van der Waals surface area contributed by atoms with Crippen molar-refractivity contribution in [3.05, 3.63) is 12.7 Å². The molecule has 0 amide bonds. The van der Waals surface area contributed by atoms with E-state index in [9.17, 15) is 14.4 Å². The van der Waals surface area contributed by atoms with Gasteiger partial charge in [0.2, 0.25) is 0 Å². The Balaban J connectivity index is -0.000000491. The molecule has 0 aliphatic heterocycles. The predicted octanol–water partition coefficient (Wildman–Crippen LogP) is 3.85. The third kappa shape index (κ3) is 33.7. The molecule has 0 aromatic carbocycles. The molecule has 0 aromatic rings. The lowest BCUT2D eigenvalue weighted by Crippen LogP contribution is -2.08. The molecule has 26 heavy (non-hydrogen) atoms. The van der Waals surface area contributed by atoms with Gasteiger partial charge in [0.1, 0.15) is 26.0 Å². The number of hydrogen-bond acceptors (Lipinski definition) is 6. The molecule has 152 valence electrons. The highest BCUT2D eigenvalue weighted by Gasteiger charge is 1.95. The molecule has 0 aliphatic carbocycles. The summed E-state index contributed by atoms with van der Waals surface area (Å²) in [6.07, 6.45) is 13.5. The van der Waals surface area contributed by atoms with Crippen molar-refractivity contribution in [1.82, 2.24) is 0 Å². The van der Waals surface area contributed by atoms with Crippen LogP contribution in [-0.4, -0.2) is 45.2 Å². The van der Waals surface area contributed by atoms with E-state index in [1.165, 1.54) is 38.5 Å². The van der Waals surface area contributed by atoms with Gasteiger partial charge >= 0.3 is 5.97 Å². The van der Waals surface area contributed by atoms with Crippen LogP contribution in [0.25, 0.3) is 0 Å². The molecule has 0 heterocycles. The largest absolute Gasteiger partial charge is 0.460 e. The smallest absolute Gasteiger partial charge is 0.330 e. The predicted molar refractivity (Wildman–Crippen MR) is 103 cm³/mol. The van der Waals surface area contributed by atoms with E-state index in [1.54, 1.807) is 0 Å². The molecular weight excluding hydrogens is 336 g/mol. The molecule has 0 rings (SSSR count). The van der Waals surface area contributed by atoms with Gasteiger partial charge in [0, 0.05) is 25.5 Å². The number of rotatable bonds is 16. The van der Waals surface area contributed by atoms with Crippen molar-refractivity contribution >= 4 is 25.3 Å². The Bertz CT molecular complexity index is 309. The molecule has 0 atom stereocenters. The van der Waals surface area contributed by atoms with Crippen LogP contribution in [0.4, 0.5) is 0 Å². The molecule has 0 spiro atoms. The van der Waals surface area contributed by atoms with Gasteiger partial charge in [-0.25, -0.2) is 4.79 Å². The highest BCUT2D eigenvalue weighted by atomic mass is 16.6. The van der Waals surface area contributed by atoms with Crippen molar-refractivity contribution in [2.75, 3.05) is 19.8 Å². The number of carbonyl (C=O) groups is 4. The minimum absolute atomic E-state index is 0.321. The van der Waals surface area contributed by atoms with E-state index >= 15 is 0 Å². The molecule has 0 bridgehead atoms. The van der Waals surface area contributed by atoms with Gasteiger partial charge in [0.05, 0.1) is 6.61 Å². The number of carbonyl (C=O) groups excluding carboxylic acids is 4. The molecule has 0 saturated carbocycles. The third-order valence-electron chi connectivity index (χ3n) is 3.17. The highest BCUT2D eigenvalue weighted by Crippen LogP contribution is 2.06. The minimum Gasteiger partial charge on any atom is -0.460 e. The second-order valence-corrected chi connectivity index (χ2v) is 5.37. The van der Waals surface area contributed by atoms with E-state index in [0.29, 0.717) is 32.5 Å². The summed E-state index contributed by atoms with van der Waals surface area (Å²) in [5.74, 6) is -0.385. The van der Waals surface area contributed by atoms with Gasteiger partial charge in [-0.15, -0.1) is 0 Å². The van der Waals surface area contributed by atoms with Crippen molar-refractivity contribution in [1.29, 1.82) is 0 Å². The zero-order valence-electron chi connectivity index (χ0n) is 16.3. The van der Waals surface area contributed by atoms with Crippen molar-refractivity contribution in [3.8, 4) is 0 Å². The summed E-state index contributed by atoms with van der Waals surface area (Å²) in [4.78, 5) is 37.8. The van der Waals surface area contributed by atoms with Crippen molar-refractivity contribution in [2.24, 2.45) is 0 Å². The Morgan fingerprint density at radius 3 is 1.85 bits per heavy atom. The lowest BCUT2D eigenvalue weighted by atomic mass is 10.1. The molecule has 0 unspecified atom stereocenters. The fourth-order valence-electron chi connectivity index (χ4n) is 1.81. The number of unbranched alkanes of at least 4 members (excludes halogenated alkanes) is 8. The normalized spacial score (nSPS) is 8.96. The fourth-order valence-corrected chi connectivity index (χ4v) is 1.81. The maximum Gasteiger partial charge on any atom is 0.330 e. The molecule has 6 heteroatoms. The van der Waals surface area contributed by atoms with Crippen molar-refractivity contribution in [2.45, 2.75) is 71.1 Å². The number of aldehydes is 2. The fraction of sp³-hybridized carbons (Fsp3) is 0.700. The minimum atomic E-state index is -0.385. The summed E-state index contributed by atoms with van der Waals surface area (Å²) >= 11 is 0. The standard InChI is InChI=1S/C14H26O3.C5H8O2.CH2O/c1-3-5-6-7-8-9-10-11-16-12-13-17-14(15)4-2;6-4-2-1-3-5-7;1-2/h4H,2-3,5-13H2,1H3;4-5H,1-3H2;1H2. The molecule has 0 fully saturated rings. The molecule has 0 aromatic heterocycles. The Morgan fingerprint density at radius 2 is 1.35 bits per heavy atom. The van der Waals surface area contributed by atoms with E-state index in [4.69, 9.17) is 14.3 Å². The van der Waals surface area contributed by atoms with Crippen LogP contribution in [0.1, 0.15) is 71.1 Å². The second-order valence-electron chi connectivity index (χ2n) is 5.37. The van der Waals surface area contributed by atoms with Gasteiger partial charge in [0.15, 0.2) is 0 Å². The first kappa shape index (κ1) is 29.0. The first-order chi connectivity index (χ1) is 12.7. The lowest BCUT2D eigenvalue weighted by molar-refractivity contribution is -0.139. The van der Waals surface area contributed by atoms with Gasteiger partial charge in [-0.05, 0) is 12.8 Å². The van der Waals surface area contributed by atoms with Crippen LogP contribution in [-0.2, 0) is 28.7 Å². The van der Waals surface area contributed by atoms with E-state index in [0.717, 1.165) is 31.7 Å². The van der Waals surface area contributed by atoms with Crippen LogP contribution in [0.5, 0.6) is 0 Å². The van der Waals surface area contributed by atoms with Gasteiger partial charge in [0.25, 0.3) is 0 Å². The molecule has 0 radical (unpaired) electrons. The molecule has 6 nitrogen and oxygen atoms in total. The van der Waals surface area contributed by atoms with E-state index in [-0.39, 0.29) is 5.97 Å². The summed E-state index contributed by atoms with van der Waals surface area (Å²) in [5, 5.41) is 0. The highest BCUT2D eigenvalue weighted by molar-refractivity contribution is 5.81. The van der Waals surface area contributed by atoms with E-state index in [1.807, 2.05) is 6.79 Å². The lowest BCUT2D eigenvalue weighted by Gasteiger charge is -2.04. The van der Waals surface area contributed by atoms with Crippen LogP contribution in [0, 0.1) is 0 Å². The van der Waals surface area contributed by atoms with Crippen molar-refractivity contribution in [3.63, 3.8) is 0 Å². The van der Waals surface area contributed by atoms with Crippen LogP contribution >= 0.6 is 0 Å². The molecule has 0 saturated heterocycles. The third-order valence-corrected chi connectivity index (χ3v) is 3.17. The zero-order valence-corrected chi connectivity index (χ0v) is 16.3. The van der Waals surface area contributed by atoms with Crippen LogP contribution < -0.4 is 0 Å². The van der Waals surface area contributed by atoms with Crippen LogP contribution in [0.15, 0.2) is 12.7 Å². The summed E-state index contributed by atoms with van der Waals surface area (Å²) in [6.45, 7) is 9.11. The van der Waals surface area contributed by atoms with Gasteiger partial charge in [-0.3, -0.25) is 0 Å². The molecular formula is C20H36O6. The maximum atomic E-state index is 10.7. The second kappa shape index (κ2) is 31.0. The Morgan fingerprint density at radius 1 is 0.808 bits per heavy atom. The summed E-state index contributed by atoms with van der Waals surface area (Å²) in [7, 11) is 0. The SMILES string of the molecule is C=CC(=O)OCCOCCCCCCCCC.C=O.O=CCCCC=O. The van der Waals surface area contributed by atoms with Crippen LogP contribution in [0.3, 0.4) is 0 Å². The van der Waals surface area contributed by atoms with Crippen molar-refractivity contribution < 1.29 is 28.7 Å². The number of ether oxygens (including phenoxy) is 2. The van der Waals surface area contributed by atoms with Crippen LogP contribution in [0.2, 0.25) is 0 Å². The maximum absolute atomic E-state index is 10.7. The topological polar surface area (TPSA) is 86.7 Å². The Labute approximate surface area is 158 Å². The average Bonchev–Trinajstić information content (AvgIpc) is 2.68. The summed E-state index contributed by atoms with van der Waals surface area (Å²) in [5.41, 5.74) is 0. The quantitative estimate of drug-likeness (QED) is 0.177. The Kier molecular flexibility index (Phi) is 34.5. The first-order valence-electron chi connectivity index (χ1n) is 9.25.